The van der Waals surface area contributed by atoms with Crippen molar-refractivity contribution in [2.24, 2.45) is 5.92 Å². The number of H-pyrrole nitrogens is 1. The highest BCUT2D eigenvalue weighted by Crippen LogP contribution is 2.37. The van der Waals surface area contributed by atoms with E-state index in [1.807, 2.05) is 6.20 Å². The summed E-state index contributed by atoms with van der Waals surface area (Å²) >= 11 is 0. The molecule has 0 atom stereocenters. The van der Waals surface area contributed by atoms with Gasteiger partial charge in [-0.25, -0.2) is 4.98 Å². The number of aliphatic carboxylic acids is 1. The summed E-state index contributed by atoms with van der Waals surface area (Å²) in [6.07, 6.45) is 10.7. The van der Waals surface area contributed by atoms with E-state index in [4.69, 9.17) is 5.11 Å². The van der Waals surface area contributed by atoms with Crippen LogP contribution >= 0.6 is 0 Å². The van der Waals surface area contributed by atoms with Crippen LogP contribution in [0.1, 0.15) is 74.7 Å². The molecule has 2 saturated carbocycles. The third kappa shape index (κ3) is 2.67. The van der Waals surface area contributed by atoms with Gasteiger partial charge in [0.15, 0.2) is 0 Å². The fourth-order valence-corrected chi connectivity index (χ4v) is 3.62. The molecule has 0 saturated heterocycles. The van der Waals surface area contributed by atoms with Gasteiger partial charge in [0.05, 0.1) is 5.92 Å². The monoisotopic (exact) mass is 262 g/mol. The minimum absolute atomic E-state index is 0.138. The van der Waals surface area contributed by atoms with Crippen LogP contribution in [-0.4, -0.2) is 21.0 Å². The molecule has 1 aromatic rings. The second-order valence-corrected chi connectivity index (χ2v) is 6.09. The highest BCUT2D eigenvalue weighted by Gasteiger charge is 2.28. The van der Waals surface area contributed by atoms with Crippen LogP contribution in [0.5, 0.6) is 0 Å². The van der Waals surface area contributed by atoms with Crippen molar-refractivity contribution in [3.63, 3.8) is 0 Å². The van der Waals surface area contributed by atoms with E-state index in [-0.39, 0.29) is 5.92 Å². The summed E-state index contributed by atoms with van der Waals surface area (Å²) in [5, 5.41) is 9.02. The summed E-state index contributed by atoms with van der Waals surface area (Å²) in [6, 6.07) is 0. The first-order chi connectivity index (χ1) is 9.24. The van der Waals surface area contributed by atoms with E-state index in [1.165, 1.54) is 31.4 Å². The van der Waals surface area contributed by atoms with E-state index in [9.17, 15) is 4.79 Å². The van der Waals surface area contributed by atoms with Crippen molar-refractivity contribution >= 4 is 5.97 Å². The van der Waals surface area contributed by atoms with Gasteiger partial charge in [-0.3, -0.25) is 4.79 Å². The lowest BCUT2D eigenvalue weighted by molar-refractivity contribution is -0.142. The number of aromatic amines is 1. The van der Waals surface area contributed by atoms with Gasteiger partial charge in [0.25, 0.3) is 0 Å². The zero-order chi connectivity index (χ0) is 13.2. The summed E-state index contributed by atoms with van der Waals surface area (Å²) in [7, 11) is 0. The van der Waals surface area contributed by atoms with Crippen LogP contribution in [0.4, 0.5) is 0 Å². The van der Waals surface area contributed by atoms with Crippen LogP contribution in [0.15, 0.2) is 6.20 Å². The Hall–Kier alpha value is -1.32. The molecule has 0 radical (unpaired) electrons. The van der Waals surface area contributed by atoms with Gasteiger partial charge in [-0.15, -0.1) is 0 Å². The fourth-order valence-electron chi connectivity index (χ4n) is 3.62. The lowest BCUT2D eigenvalue weighted by Crippen LogP contribution is -2.21. The van der Waals surface area contributed by atoms with Crippen molar-refractivity contribution in [2.75, 3.05) is 0 Å². The molecule has 2 fully saturated rings. The average Bonchev–Trinajstić information content (AvgIpc) is 3.10. The molecule has 2 aliphatic rings. The van der Waals surface area contributed by atoms with Gasteiger partial charge in [-0.05, 0) is 38.5 Å². The van der Waals surface area contributed by atoms with Crippen LogP contribution in [0, 0.1) is 5.92 Å². The Labute approximate surface area is 113 Å². The number of carboxylic acid groups (broad SMARTS) is 1. The molecule has 2 N–H and O–H groups in total. The molecule has 1 heterocycles. The molecule has 3 rings (SSSR count). The number of aromatic nitrogens is 2. The van der Waals surface area contributed by atoms with Gasteiger partial charge in [0, 0.05) is 23.7 Å². The molecule has 0 amide bonds. The first-order valence-corrected chi connectivity index (χ1v) is 7.51. The van der Waals surface area contributed by atoms with Crippen LogP contribution in [0.2, 0.25) is 0 Å². The van der Waals surface area contributed by atoms with Crippen LogP contribution < -0.4 is 0 Å². The molecule has 0 aromatic carbocycles. The maximum absolute atomic E-state index is 11.0. The molecule has 1 aromatic heterocycles. The number of carbonyl (C=O) groups is 1. The van der Waals surface area contributed by atoms with E-state index in [0.29, 0.717) is 11.8 Å². The number of carboxylic acids is 1. The number of nitrogens with one attached hydrogen (secondary N) is 1. The van der Waals surface area contributed by atoms with E-state index in [1.54, 1.807) is 0 Å². The third-order valence-corrected chi connectivity index (χ3v) is 4.87. The topological polar surface area (TPSA) is 66.0 Å². The van der Waals surface area contributed by atoms with Gasteiger partial charge in [-0.2, -0.15) is 0 Å². The Kier molecular flexibility index (Phi) is 3.58. The van der Waals surface area contributed by atoms with Crippen molar-refractivity contribution < 1.29 is 9.90 Å². The molecule has 19 heavy (non-hydrogen) atoms. The van der Waals surface area contributed by atoms with Gasteiger partial charge >= 0.3 is 5.97 Å². The fraction of sp³-hybridized carbons (Fsp3) is 0.733. The molecular weight excluding hydrogens is 240 g/mol. The van der Waals surface area contributed by atoms with Gasteiger partial charge < -0.3 is 10.1 Å². The highest BCUT2D eigenvalue weighted by atomic mass is 16.4. The zero-order valence-electron chi connectivity index (χ0n) is 11.3. The third-order valence-electron chi connectivity index (χ3n) is 4.87. The van der Waals surface area contributed by atoms with E-state index in [2.05, 4.69) is 9.97 Å². The standard InChI is InChI=1S/C15H22N2O2/c18-15(19)12-7-5-11(6-8-12)14-16-9-13(17-14)10-3-1-2-4-10/h9-12H,1-8H2,(H,16,17)(H,18,19). The normalized spacial score (nSPS) is 28.6. The average molecular weight is 262 g/mol. The molecule has 4 heteroatoms. The summed E-state index contributed by atoms with van der Waals surface area (Å²) in [4.78, 5) is 19.0. The minimum atomic E-state index is -0.635. The SMILES string of the molecule is O=C(O)C1CCC(c2ncc(C3CCCC3)[nH]2)CC1. The Morgan fingerprint density at radius 3 is 2.42 bits per heavy atom. The number of nitrogens with zero attached hydrogens (tertiary/aromatic N) is 1. The largest absolute Gasteiger partial charge is 0.481 e. The van der Waals surface area contributed by atoms with E-state index < -0.39 is 5.97 Å². The lowest BCUT2D eigenvalue weighted by Gasteiger charge is -2.24. The number of hydrogen-bond donors (Lipinski definition) is 2. The maximum atomic E-state index is 11.0. The van der Waals surface area contributed by atoms with Gasteiger partial charge in [-0.1, -0.05) is 12.8 Å². The highest BCUT2D eigenvalue weighted by molar-refractivity contribution is 5.70. The number of rotatable bonds is 3. The Balaban J connectivity index is 1.62. The number of imidazole rings is 1. The predicted octanol–water partition coefficient (Wildman–Crippen LogP) is 3.43. The molecular formula is C15H22N2O2. The number of hydrogen-bond acceptors (Lipinski definition) is 2. The Morgan fingerprint density at radius 2 is 1.79 bits per heavy atom. The van der Waals surface area contributed by atoms with Gasteiger partial charge in [0.2, 0.25) is 0 Å². The van der Waals surface area contributed by atoms with Crippen LogP contribution in [0.25, 0.3) is 0 Å². The van der Waals surface area contributed by atoms with Crippen molar-refractivity contribution in [2.45, 2.75) is 63.2 Å². The quantitative estimate of drug-likeness (QED) is 0.877. The maximum Gasteiger partial charge on any atom is 0.306 e. The first-order valence-electron chi connectivity index (χ1n) is 7.51. The zero-order valence-corrected chi connectivity index (χ0v) is 11.3. The van der Waals surface area contributed by atoms with Gasteiger partial charge in [0.1, 0.15) is 5.82 Å². The van der Waals surface area contributed by atoms with Crippen molar-refractivity contribution in [1.29, 1.82) is 0 Å². The first kappa shape index (κ1) is 12.7. The molecule has 0 aliphatic heterocycles. The Morgan fingerprint density at radius 1 is 1.11 bits per heavy atom. The van der Waals surface area contributed by atoms with Crippen molar-refractivity contribution in [3.05, 3.63) is 17.7 Å². The molecule has 2 aliphatic carbocycles. The summed E-state index contributed by atoms with van der Waals surface area (Å²) < 4.78 is 0. The Bertz CT molecular complexity index is 441. The summed E-state index contributed by atoms with van der Waals surface area (Å²) in [6.45, 7) is 0. The lowest BCUT2D eigenvalue weighted by atomic mass is 9.82. The molecule has 104 valence electrons. The smallest absolute Gasteiger partial charge is 0.306 e. The van der Waals surface area contributed by atoms with E-state index in [0.717, 1.165) is 31.5 Å². The molecule has 0 unspecified atom stereocenters. The van der Waals surface area contributed by atoms with Crippen LogP contribution in [0.3, 0.4) is 0 Å². The second kappa shape index (κ2) is 5.35. The predicted molar refractivity (Wildman–Crippen MR) is 72.1 cm³/mol. The summed E-state index contributed by atoms with van der Waals surface area (Å²) in [5.74, 6) is 1.43. The molecule has 0 spiro atoms. The van der Waals surface area contributed by atoms with Crippen LogP contribution in [-0.2, 0) is 4.79 Å². The minimum Gasteiger partial charge on any atom is -0.481 e. The molecule has 0 bridgehead atoms. The summed E-state index contributed by atoms with van der Waals surface area (Å²) in [5.41, 5.74) is 1.30. The van der Waals surface area contributed by atoms with Crippen molar-refractivity contribution in [3.8, 4) is 0 Å². The second-order valence-electron chi connectivity index (χ2n) is 6.09. The van der Waals surface area contributed by atoms with Crippen molar-refractivity contribution in [1.82, 2.24) is 9.97 Å². The van der Waals surface area contributed by atoms with E-state index >= 15 is 0 Å². The molecule has 4 nitrogen and oxygen atoms in total.